The van der Waals surface area contributed by atoms with Gasteiger partial charge in [0.25, 0.3) is 0 Å². The molecular weight excluding hydrogens is 348 g/mol. The van der Waals surface area contributed by atoms with Crippen molar-refractivity contribution in [2.24, 2.45) is 0 Å². The summed E-state index contributed by atoms with van der Waals surface area (Å²) in [5, 5.41) is 0.412. The molecule has 0 amide bonds. The predicted molar refractivity (Wildman–Crippen MR) is 93.0 cm³/mol. The molecular formula is C17H19ClN2O3S. The molecule has 0 bridgehead atoms. The summed E-state index contributed by atoms with van der Waals surface area (Å²) in [5.74, 6) is 0.526. The molecule has 5 nitrogen and oxygen atoms in total. The summed E-state index contributed by atoms with van der Waals surface area (Å²) >= 11 is 5.96. The molecule has 0 spiro atoms. The van der Waals surface area contributed by atoms with Gasteiger partial charge in [0.2, 0.25) is 15.9 Å². The minimum Gasteiger partial charge on any atom is -0.473 e. The summed E-state index contributed by atoms with van der Waals surface area (Å²) in [5.41, 5.74) is 1.55. The van der Waals surface area contributed by atoms with Crippen molar-refractivity contribution in [1.29, 1.82) is 0 Å². The maximum atomic E-state index is 12.9. The second-order valence-corrected chi connectivity index (χ2v) is 8.26. The molecule has 1 fully saturated rings. The highest BCUT2D eigenvalue weighted by atomic mass is 35.5. The quantitative estimate of drug-likeness (QED) is 0.833. The number of halogens is 1. The molecule has 1 atom stereocenters. The van der Waals surface area contributed by atoms with Crippen molar-refractivity contribution in [3.8, 4) is 5.88 Å². The van der Waals surface area contributed by atoms with Gasteiger partial charge in [0.15, 0.2) is 0 Å². The zero-order chi connectivity index (χ0) is 17.3. The number of sulfonamides is 1. The Morgan fingerprint density at radius 3 is 2.79 bits per heavy atom. The second kappa shape index (κ2) is 6.70. The Hall–Kier alpha value is -1.63. The second-order valence-electron chi connectivity index (χ2n) is 5.92. The first-order valence-electron chi connectivity index (χ1n) is 7.73. The van der Waals surface area contributed by atoms with Crippen LogP contribution in [-0.2, 0) is 10.0 Å². The highest BCUT2D eigenvalue weighted by Gasteiger charge is 2.34. The van der Waals surface area contributed by atoms with Gasteiger partial charge in [-0.25, -0.2) is 13.4 Å². The summed E-state index contributed by atoms with van der Waals surface area (Å²) in [6.07, 6.45) is 0.433. The Kier molecular flexibility index (Phi) is 4.80. The van der Waals surface area contributed by atoms with Gasteiger partial charge in [-0.3, -0.25) is 0 Å². The van der Waals surface area contributed by atoms with E-state index in [0.717, 1.165) is 5.69 Å². The van der Waals surface area contributed by atoms with Gasteiger partial charge in [-0.05, 0) is 44.0 Å². The summed E-state index contributed by atoms with van der Waals surface area (Å²) < 4.78 is 33.0. The van der Waals surface area contributed by atoms with E-state index in [-0.39, 0.29) is 11.0 Å². The van der Waals surface area contributed by atoms with Crippen molar-refractivity contribution in [3.63, 3.8) is 0 Å². The number of hydrogen-bond donors (Lipinski definition) is 0. The maximum absolute atomic E-state index is 12.9. The number of ether oxygens (including phenoxy) is 1. The van der Waals surface area contributed by atoms with Gasteiger partial charge in [0.1, 0.15) is 6.10 Å². The van der Waals surface area contributed by atoms with Gasteiger partial charge in [0, 0.05) is 23.3 Å². The lowest BCUT2D eigenvalue weighted by atomic mass is 10.2. The minimum absolute atomic E-state index is 0.200. The van der Waals surface area contributed by atoms with Gasteiger partial charge in [0.05, 0.1) is 11.4 Å². The zero-order valence-corrected chi connectivity index (χ0v) is 15.1. The SMILES string of the molecule is Cc1cccc(OC2CCN(S(=O)(=O)c3cc(Cl)ccc3C)C2)n1. The number of benzene rings is 1. The standard InChI is InChI=1S/C17H19ClN2O3S/c1-12-6-7-14(18)10-16(12)24(21,22)20-9-8-15(11-20)23-17-5-3-4-13(2)19-17/h3-7,10,15H,8-9,11H2,1-2H3. The summed E-state index contributed by atoms with van der Waals surface area (Å²) in [7, 11) is -3.58. The van der Waals surface area contributed by atoms with Crippen LogP contribution in [0.1, 0.15) is 17.7 Å². The van der Waals surface area contributed by atoms with Crippen LogP contribution in [0.5, 0.6) is 5.88 Å². The zero-order valence-electron chi connectivity index (χ0n) is 13.6. The predicted octanol–water partition coefficient (Wildman–Crippen LogP) is 3.19. The molecule has 0 N–H and O–H groups in total. The lowest BCUT2D eigenvalue weighted by Gasteiger charge is -2.18. The molecule has 3 rings (SSSR count). The number of rotatable bonds is 4. The van der Waals surface area contributed by atoms with E-state index in [1.807, 2.05) is 19.1 Å². The Morgan fingerprint density at radius 2 is 2.04 bits per heavy atom. The summed E-state index contributed by atoms with van der Waals surface area (Å²) in [6, 6.07) is 10.5. The average Bonchev–Trinajstić information content (AvgIpc) is 2.99. The summed E-state index contributed by atoms with van der Waals surface area (Å²) in [6.45, 7) is 4.39. The van der Waals surface area contributed by atoms with Crippen LogP contribution in [0.25, 0.3) is 0 Å². The van der Waals surface area contributed by atoms with Crippen LogP contribution < -0.4 is 4.74 Å². The number of aryl methyl sites for hydroxylation is 2. The number of hydrogen-bond acceptors (Lipinski definition) is 4. The lowest BCUT2D eigenvalue weighted by Crippen LogP contribution is -2.31. The van der Waals surface area contributed by atoms with E-state index < -0.39 is 10.0 Å². The van der Waals surface area contributed by atoms with E-state index in [9.17, 15) is 8.42 Å². The lowest BCUT2D eigenvalue weighted by molar-refractivity contribution is 0.206. The molecule has 128 valence electrons. The van der Waals surface area contributed by atoms with E-state index in [1.54, 1.807) is 25.1 Å². The average molecular weight is 367 g/mol. The Morgan fingerprint density at radius 1 is 1.25 bits per heavy atom. The molecule has 0 aliphatic carbocycles. The van der Waals surface area contributed by atoms with Crippen LogP contribution in [-0.4, -0.2) is 36.9 Å². The highest BCUT2D eigenvalue weighted by Crippen LogP contribution is 2.27. The van der Waals surface area contributed by atoms with Crippen molar-refractivity contribution >= 4 is 21.6 Å². The highest BCUT2D eigenvalue weighted by molar-refractivity contribution is 7.89. The van der Waals surface area contributed by atoms with E-state index in [0.29, 0.717) is 36.0 Å². The van der Waals surface area contributed by atoms with Crippen LogP contribution in [0.2, 0.25) is 5.02 Å². The van der Waals surface area contributed by atoms with Crippen molar-refractivity contribution in [3.05, 3.63) is 52.7 Å². The molecule has 1 aromatic carbocycles. The van der Waals surface area contributed by atoms with Gasteiger partial charge in [-0.1, -0.05) is 23.7 Å². The molecule has 1 saturated heterocycles. The fourth-order valence-electron chi connectivity index (χ4n) is 2.76. The summed E-state index contributed by atoms with van der Waals surface area (Å²) in [4.78, 5) is 4.55. The molecule has 24 heavy (non-hydrogen) atoms. The van der Waals surface area contributed by atoms with E-state index >= 15 is 0 Å². The third kappa shape index (κ3) is 3.55. The number of aromatic nitrogens is 1. The van der Waals surface area contributed by atoms with Gasteiger partial charge in [-0.2, -0.15) is 4.31 Å². The molecule has 2 aromatic rings. The van der Waals surface area contributed by atoms with Gasteiger partial charge >= 0.3 is 0 Å². The first-order valence-corrected chi connectivity index (χ1v) is 9.55. The van der Waals surface area contributed by atoms with Crippen LogP contribution in [0.15, 0.2) is 41.3 Å². The van der Waals surface area contributed by atoms with E-state index in [2.05, 4.69) is 4.98 Å². The molecule has 1 unspecified atom stereocenters. The first kappa shape index (κ1) is 17.2. The molecule has 0 saturated carbocycles. The van der Waals surface area contributed by atoms with Crippen molar-refractivity contribution < 1.29 is 13.2 Å². The topological polar surface area (TPSA) is 59.5 Å². The molecule has 1 aromatic heterocycles. The molecule has 1 aliphatic heterocycles. The van der Waals surface area contributed by atoms with E-state index in [4.69, 9.17) is 16.3 Å². The minimum atomic E-state index is -3.58. The van der Waals surface area contributed by atoms with Crippen molar-refractivity contribution in [1.82, 2.24) is 9.29 Å². The van der Waals surface area contributed by atoms with Crippen molar-refractivity contribution in [2.75, 3.05) is 13.1 Å². The van der Waals surface area contributed by atoms with Crippen LogP contribution in [0, 0.1) is 13.8 Å². The van der Waals surface area contributed by atoms with E-state index in [1.165, 1.54) is 10.4 Å². The Bertz CT molecular complexity index is 855. The van der Waals surface area contributed by atoms with Crippen LogP contribution in [0.4, 0.5) is 0 Å². The first-order chi connectivity index (χ1) is 11.4. The Balaban J connectivity index is 1.76. The molecule has 1 aliphatic rings. The maximum Gasteiger partial charge on any atom is 0.243 e. The van der Waals surface area contributed by atoms with Crippen molar-refractivity contribution in [2.45, 2.75) is 31.3 Å². The number of nitrogens with zero attached hydrogens (tertiary/aromatic N) is 2. The van der Waals surface area contributed by atoms with Gasteiger partial charge in [-0.15, -0.1) is 0 Å². The van der Waals surface area contributed by atoms with Crippen LogP contribution in [0.3, 0.4) is 0 Å². The molecule has 7 heteroatoms. The molecule has 0 radical (unpaired) electrons. The van der Waals surface area contributed by atoms with Gasteiger partial charge < -0.3 is 4.74 Å². The third-order valence-electron chi connectivity index (χ3n) is 4.03. The largest absolute Gasteiger partial charge is 0.473 e. The number of pyridine rings is 1. The monoisotopic (exact) mass is 366 g/mol. The Labute approximate surface area is 147 Å². The molecule has 2 heterocycles. The third-order valence-corrected chi connectivity index (χ3v) is 6.27. The fourth-order valence-corrected chi connectivity index (χ4v) is 4.73. The smallest absolute Gasteiger partial charge is 0.243 e. The normalized spacial score (nSPS) is 18.7. The van der Waals surface area contributed by atoms with Crippen LogP contribution >= 0.6 is 11.6 Å². The fraction of sp³-hybridized carbons (Fsp3) is 0.353.